The third-order valence-corrected chi connectivity index (χ3v) is 4.65. The molecule has 2 N–H and O–H groups in total. The van der Waals surface area contributed by atoms with E-state index in [2.05, 4.69) is 6.07 Å². The SMILES string of the molecule is COc1ccc2c(c1)C(CN)CC1(CCCCC1)O2. The van der Waals surface area contributed by atoms with Crippen molar-refractivity contribution in [1.29, 1.82) is 0 Å². The molecule has 104 valence electrons. The number of ether oxygens (including phenoxy) is 2. The van der Waals surface area contributed by atoms with Gasteiger partial charge < -0.3 is 15.2 Å². The van der Waals surface area contributed by atoms with Gasteiger partial charge in [-0.3, -0.25) is 0 Å². The Labute approximate surface area is 115 Å². The molecule has 0 bridgehead atoms. The predicted octanol–water partition coefficient (Wildman–Crippen LogP) is 3.22. The van der Waals surface area contributed by atoms with E-state index < -0.39 is 0 Å². The minimum atomic E-state index is 0.0455. The number of nitrogens with two attached hydrogens (primary N) is 1. The van der Waals surface area contributed by atoms with Crippen molar-refractivity contribution in [1.82, 2.24) is 0 Å². The molecule has 0 radical (unpaired) electrons. The fourth-order valence-corrected chi connectivity index (χ4v) is 3.61. The predicted molar refractivity (Wildman–Crippen MR) is 75.9 cm³/mol. The quantitative estimate of drug-likeness (QED) is 0.889. The summed E-state index contributed by atoms with van der Waals surface area (Å²) in [5.41, 5.74) is 7.27. The first-order valence-corrected chi connectivity index (χ1v) is 7.33. The molecule has 1 aromatic rings. The van der Waals surface area contributed by atoms with Crippen molar-refractivity contribution in [2.75, 3.05) is 13.7 Å². The van der Waals surface area contributed by atoms with Crippen molar-refractivity contribution in [2.45, 2.75) is 50.0 Å². The minimum absolute atomic E-state index is 0.0455. The van der Waals surface area contributed by atoms with Gasteiger partial charge in [0.05, 0.1) is 7.11 Å². The van der Waals surface area contributed by atoms with Crippen LogP contribution in [0.15, 0.2) is 18.2 Å². The van der Waals surface area contributed by atoms with E-state index in [9.17, 15) is 0 Å². The normalized spacial score (nSPS) is 24.6. The maximum atomic E-state index is 6.38. The first kappa shape index (κ1) is 12.8. The number of methoxy groups -OCH3 is 1. The van der Waals surface area contributed by atoms with Crippen LogP contribution in [0.25, 0.3) is 0 Å². The van der Waals surface area contributed by atoms with Crippen molar-refractivity contribution in [2.24, 2.45) is 5.73 Å². The molecule has 3 nitrogen and oxygen atoms in total. The zero-order valence-corrected chi connectivity index (χ0v) is 11.7. The molecule has 3 heteroatoms. The second-order valence-electron chi connectivity index (χ2n) is 5.89. The summed E-state index contributed by atoms with van der Waals surface area (Å²) in [6.45, 7) is 0.686. The molecule has 1 heterocycles. The van der Waals surface area contributed by atoms with E-state index in [1.807, 2.05) is 12.1 Å². The average molecular weight is 261 g/mol. The van der Waals surface area contributed by atoms with Gasteiger partial charge in [-0.2, -0.15) is 0 Å². The van der Waals surface area contributed by atoms with Crippen molar-refractivity contribution in [3.05, 3.63) is 23.8 Å². The van der Waals surface area contributed by atoms with E-state index in [1.165, 1.54) is 37.7 Å². The Hall–Kier alpha value is -1.22. The molecular formula is C16H23NO2. The number of hydrogen-bond acceptors (Lipinski definition) is 3. The Morgan fingerprint density at radius 1 is 1.32 bits per heavy atom. The molecule has 2 aliphatic rings. The smallest absolute Gasteiger partial charge is 0.123 e. The van der Waals surface area contributed by atoms with Crippen LogP contribution in [0.1, 0.15) is 50.0 Å². The Morgan fingerprint density at radius 3 is 2.79 bits per heavy atom. The Balaban J connectivity index is 1.94. The van der Waals surface area contributed by atoms with Gasteiger partial charge in [-0.15, -0.1) is 0 Å². The van der Waals surface area contributed by atoms with E-state index in [4.69, 9.17) is 15.2 Å². The number of hydrogen-bond donors (Lipinski definition) is 1. The second kappa shape index (κ2) is 5.04. The topological polar surface area (TPSA) is 44.5 Å². The van der Waals surface area contributed by atoms with Gasteiger partial charge in [-0.05, 0) is 56.8 Å². The first-order chi connectivity index (χ1) is 9.26. The van der Waals surface area contributed by atoms with Crippen LogP contribution in [0.4, 0.5) is 0 Å². The van der Waals surface area contributed by atoms with Crippen LogP contribution in [-0.2, 0) is 0 Å². The molecule has 1 aromatic carbocycles. The van der Waals surface area contributed by atoms with Crippen molar-refractivity contribution in [3.63, 3.8) is 0 Å². The summed E-state index contributed by atoms with van der Waals surface area (Å²) in [6.07, 6.45) is 7.31. The van der Waals surface area contributed by atoms with E-state index in [1.54, 1.807) is 7.11 Å². The molecule has 1 aliphatic heterocycles. The Morgan fingerprint density at radius 2 is 2.11 bits per heavy atom. The Kier molecular flexibility index (Phi) is 3.40. The molecule has 1 unspecified atom stereocenters. The molecule has 3 rings (SSSR count). The monoisotopic (exact) mass is 261 g/mol. The van der Waals surface area contributed by atoms with Gasteiger partial charge in [0.25, 0.3) is 0 Å². The third-order valence-electron chi connectivity index (χ3n) is 4.65. The Bertz CT molecular complexity index is 452. The summed E-state index contributed by atoms with van der Waals surface area (Å²) in [6, 6.07) is 6.11. The average Bonchev–Trinajstić information content (AvgIpc) is 2.47. The molecule has 1 fully saturated rings. The summed E-state index contributed by atoms with van der Waals surface area (Å²) < 4.78 is 11.7. The summed E-state index contributed by atoms with van der Waals surface area (Å²) in [4.78, 5) is 0. The van der Waals surface area contributed by atoms with Gasteiger partial charge in [0.2, 0.25) is 0 Å². The van der Waals surface area contributed by atoms with Crippen LogP contribution in [0, 0.1) is 0 Å². The molecule has 0 saturated heterocycles. The number of rotatable bonds is 2. The number of benzene rings is 1. The number of fused-ring (bicyclic) bond motifs is 1. The van der Waals surface area contributed by atoms with E-state index in [0.29, 0.717) is 12.5 Å². The van der Waals surface area contributed by atoms with Crippen LogP contribution in [-0.4, -0.2) is 19.3 Å². The third kappa shape index (κ3) is 2.32. The summed E-state index contributed by atoms with van der Waals surface area (Å²) >= 11 is 0. The molecule has 1 spiro atoms. The molecule has 1 aliphatic carbocycles. The van der Waals surface area contributed by atoms with E-state index in [0.717, 1.165) is 17.9 Å². The van der Waals surface area contributed by atoms with Crippen molar-refractivity contribution < 1.29 is 9.47 Å². The summed E-state index contributed by atoms with van der Waals surface area (Å²) in [5.74, 6) is 2.31. The van der Waals surface area contributed by atoms with Gasteiger partial charge in [0, 0.05) is 11.5 Å². The summed E-state index contributed by atoms with van der Waals surface area (Å²) in [7, 11) is 1.70. The van der Waals surface area contributed by atoms with Gasteiger partial charge in [-0.1, -0.05) is 6.42 Å². The highest BCUT2D eigenvalue weighted by atomic mass is 16.5. The fraction of sp³-hybridized carbons (Fsp3) is 0.625. The lowest BCUT2D eigenvalue weighted by Gasteiger charge is -2.44. The standard InChI is InChI=1S/C16H23NO2/c1-18-13-5-6-15-14(9-13)12(11-17)10-16(19-15)7-3-2-4-8-16/h5-6,9,12H,2-4,7-8,10-11,17H2,1H3. The maximum absolute atomic E-state index is 6.38. The van der Waals surface area contributed by atoms with Crippen LogP contribution < -0.4 is 15.2 Å². The van der Waals surface area contributed by atoms with Crippen LogP contribution >= 0.6 is 0 Å². The lowest BCUT2D eigenvalue weighted by Crippen LogP contribution is -2.44. The van der Waals surface area contributed by atoms with Crippen molar-refractivity contribution >= 4 is 0 Å². The summed E-state index contributed by atoms with van der Waals surface area (Å²) in [5, 5.41) is 0. The molecule has 19 heavy (non-hydrogen) atoms. The van der Waals surface area contributed by atoms with Gasteiger partial charge in [0.1, 0.15) is 17.1 Å². The lowest BCUT2D eigenvalue weighted by molar-refractivity contribution is 0.00210. The largest absolute Gasteiger partial charge is 0.497 e. The zero-order valence-electron chi connectivity index (χ0n) is 11.7. The molecule has 1 saturated carbocycles. The van der Waals surface area contributed by atoms with Gasteiger partial charge >= 0.3 is 0 Å². The highest BCUT2D eigenvalue weighted by Crippen LogP contribution is 2.47. The molecular weight excluding hydrogens is 238 g/mol. The lowest BCUT2D eigenvalue weighted by atomic mass is 9.74. The molecule has 0 amide bonds. The highest BCUT2D eigenvalue weighted by Gasteiger charge is 2.41. The van der Waals surface area contributed by atoms with Crippen LogP contribution in [0.2, 0.25) is 0 Å². The zero-order chi connectivity index (χ0) is 13.3. The van der Waals surface area contributed by atoms with Crippen LogP contribution in [0.5, 0.6) is 11.5 Å². The van der Waals surface area contributed by atoms with E-state index in [-0.39, 0.29) is 5.60 Å². The maximum Gasteiger partial charge on any atom is 0.123 e. The van der Waals surface area contributed by atoms with E-state index >= 15 is 0 Å². The fourth-order valence-electron chi connectivity index (χ4n) is 3.61. The second-order valence-corrected chi connectivity index (χ2v) is 5.89. The van der Waals surface area contributed by atoms with Crippen LogP contribution in [0.3, 0.4) is 0 Å². The van der Waals surface area contributed by atoms with Gasteiger partial charge in [-0.25, -0.2) is 0 Å². The molecule has 1 atom stereocenters. The molecule has 0 aromatic heterocycles. The van der Waals surface area contributed by atoms with Crippen molar-refractivity contribution in [3.8, 4) is 11.5 Å². The highest BCUT2D eigenvalue weighted by molar-refractivity contribution is 5.45. The first-order valence-electron chi connectivity index (χ1n) is 7.33. The van der Waals surface area contributed by atoms with Gasteiger partial charge in [0.15, 0.2) is 0 Å². The minimum Gasteiger partial charge on any atom is -0.497 e.